The topological polar surface area (TPSA) is 154 Å². The number of nitrogens with one attached hydrogen (secondary N) is 2. The van der Waals surface area contributed by atoms with Gasteiger partial charge < -0.3 is 15.0 Å². The Bertz CT molecular complexity index is 1370. The third-order valence-electron chi connectivity index (χ3n) is 5.65. The number of carbonyl (C=O) groups is 1. The van der Waals surface area contributed by atoms with Gasteiger partial charge in [0.15, 0.2) is 9.79 Å². The van der Waals surface area contributed by atoms with Crippen molar-refractivity contribution in [2.24, 2.45) is 0 Å². The molecule has 1 fully saturated rings. The molecule has 0 unspecified atom stereocenters. The van der Waals surface area contributed by atoms with Crippen molar-refractivity contribution in [3.05, 3.63) is 63.2 Å². The molecule has 0 spiro atoms. The molecule has 2 heterocycles. The van der Waals surface area contributed by atoms with Gasteiger partial charge in [-0.05, 0) is 31.9 Å². The van der Waals surface area contributed by atoms with Gasteiger partial charge in [0.2, 0.25) is 5.78 Å². The molecule has 4 rings (SSSR count). The molecule has 14 heteroatoms. The molecule has 0 saturated heterocycles. The van der Waals surface area contributed by atoms with Gasteiger partial charge in [-0.3, -0.25) is 8.98 Å². The predicted molar refractivity (Wildman–Crippen MR) is 136 cm³/mol. The second-order valence-corrected chi connectivity index (χ2v) is 12.7. The van der Waals surface area contributed by atoms with Crippen LogP contribution in [0.25, 0.3) is 0 Å². The molecular weight excluding hydrogens is 548 g/mol. The van der Waals surface area contributed by atoms with Crippen molar-refractivity contribution in [2.75, 3.05) is 12.4 Å². The molecule has 1 aromatic carbocycles. The third-order valence-corrected chi connectivity index (χ3v) is 9.60. The molecule has 4 atom stereocenters. The van der Waals surface area contributed by atoms with Crippen LogP contribution < -0.4 is 10.0 Å². The molecule has 0 aliphatic heterocycles. The molecule has 3 N–H and O–H groups in total. The number of anilines is 1. The van der Waals surface area contributed by atoms with Crippen LogP contribution in [-0.4, -0.2) is 59.1 Å². The number of aliphatic hydroxyl groups excluding tert-OH is 1. The van der Waals surface area contributed by atoms with Crippen LogP contribution in [0.3, 0.4) is 0 Å². The maximum atomic E-state index is 13.4. The summed E-state index contributed by atoms with van der Waals surface area (Å²) in [6.07, 6.45) is 2.21. The lowest BCUT2D eigenvalue weighted by molar-refractivity contribution is 0.104. The Hall–Kier alpha value is -2.10. The number of aromatic nitrogens is 2. The Morgan fingerprint density at radius 2 is 2.11 bits per heavy atom. The third kappa shape index (κ3) is 6.06. The lowest BCUT2D eigenvalue weighted by Gasteiger charge is -2.16. The van der Waals surface area contributed by atoms with Crippen molar-refractivity contribution >= 4 is 56.0 Å². The Morgan fingerprint density at radius 3 is 2.83 bits per heavy atom. The van der Waals surface area contributed by atoms with Gasteiger partial charge >= 0.3 is 10.3 Å². The standard InChI is InChI=1S/C22H23ClN4O6S3/c1-12-20(35(30)15-5-3-4-13(23)6-15)9-19(34-12)21(29)16-10-24-11-25-22(16)26-14-7-17(18(28)8-14)27-36(31,32)33-2/h3-6,9-11,14,17-18,27-28H,7-8H2,1-2H3,(H,24,25,26)/t14-,17-,18+,35+/m1/s1. The number of hydrogen-bond donors (Lipinski definition) is 3. The van der Waals surface area contributed by atoms with Crippen molar-refractivity contribution < 1.29 is 27.1 Å². The molecule has 0 bridgehead atoms. The number of thiophene rings is 1. The fraction of sp³-hybridized carbons (Fsp3) is 0.318. The molecule has 1 aliphatic carbocycles. The van der Waals surface area contributed by atoms with E-state index in [0.29, 0.717) is 19.7 Å². The summed E-state index contributed by atoms with van der Waals surface area (Å²) in [6.45, 7) is 1.79. The van der Waals surface area contributed by atoms with E-state index in [9.17, 15) is 22.9 Å². The van der Waals surface area contributed by atoms with E-state index in [1.165, 1.54) is 23.9 Å². The summed E-state index contributed by atoms with van der Waals surface area (Å²) in [5.41, 5.74) is 0.203. The zero-order valence-electron chi connectivity index (χ0n) is 19.2. The first kappa shape index (κ1) is 26.9. The molecule has 0 amide bonds. The fourth-order valence-electron chi connectivity index (χ4n) is 3.90. The minimum Gasteiger partial charge on any atom is -0.606 e. The lowest BCUT2D eigenvalue weighted by Crippen LogP contribution is -2.40. The average molecular weight is 571 g/mol. The number of ketones is 1. The van der Waals surface area contributed by atoms with Crippen molar-refractivity contribution in [1.29, 1.82) is 0 Å². The Morgan fingerprint density at radius 1 is 1.33 bits per heavy atom. The van der Waals surface area contributed by atoms with Gasteiger partial charge in [-0.1, -0.05) is 17.7 Å². The van der Waals surface area contributed by atoms with Crippen molar-refractivity contribution in [3.8, 4) is 0 Å². The van der Waals surface area contributed by atoms with Crippen LogP contribution in [0.1, 0.15) is 33.0 Å². The van der Waals surface area contributed by atoms with Crippen LogP contribution in [0.15, 0.2) is 52.6 Å². The minimum absolute atomic E-state index is 0.203. The largest absolute Gasteiger partial charge is 0.606 e. The second kappa shape index (κ2) is 11.1. The van der Waals surface area contributed by atoms with E-state index in [4.69, 9.17) is 11.6 Å². The Labute approximate surface area is 220 Å². The first-order chi connectivity index (χ1) is 17.1. The van der Waals surface area contributed by atoms with Crippen LogP contribution in [0.5, 0.6) is 0 Å². The summed E-state index contributed by atoms with van der Waals surface area (Å²) in [6, 6.07) is 7.24. The number of aryl methyl sites for hydroxylation is 1. The first-order valence-corrected chi connectivity index (χ1v) is 14.5. The molecule has 3 aromatic rings. The summed E-state index contributed by atoms with van der Waals surface area (Å²) >= 11 is 5.74. The fourth-order valence-corrected chi connectivity index (χ4v) is 7.35. The highest BCUT2D eigenvalue weighted by Gasteiger charge is 2.36. The summed E-state index contributed by atoms with van der Waals surface area (Å²) in [7, 11) is -2.94. The number of carbonyl (C=O) groups excluding carboxylic acids is 1. The first-order valence-electron chi connectivity index (χ1n) is 10.7. The Kier molecular flexibility index (Phi) is 8.32. The van der Waals surface area contributed by atoms with Crippen LogP contribution in [0, 0.1) is 6.92 Å². The second-order valence-electron chi connectivity index (χ2n) is 8.10. The number of hydrogen-bond acceptors (Lipinski definition) is 10. The van der Waals surface area contributed by atoms with Crippen LogP contribution >= 0.6 is 22.9 Å². The van der Waals surface area contributed by atoms with E-state index in [-0.39, 0.29) is 36.0 Å². The molecule has 192 valence electrons. The highest BCUT2D eigenvalue weighted by Crippen LogP contribution is 2.33. The van der Waals surface area contributed by atoms with Crippen LogP contribution in [0.4, 0.5) is 5.82 Å². The van der Waals surface area contributed by atoms with Crippen molar-refractivity contribution in [2.45, 2.75) is 47.7 Å². The van der Waals surface area contributed by atoms with Crippen LogP contribution in [-0.2, 0) is 25.7 Å². The summed E-state index contributed by atoms with van der Waals surface area (Å²) in [4.78, 5) is 23.7. The summed E-state index contributed by atoms with van der Waals surface area (Å²) in [5.74, 6) is -0.0956. The predicted octanol–water partition coefficient (Wildman–Crippen LogP) is 2.68. The highest BCUT2D eigenvalue weighted by atomic mass is 35.5. The monoisotopic (exact) mass is 570 g/mol. The molecule has 1 aliphatic rings. The van der Waals surface area contributed by atoms with Gasteiger partial charge in [0.1, 0.15) is 12.1 Å². The lowest BCUT2D eigenvalue weighted by atomic mass is 10.1. The van der Waals surface area contributed by atoms with E-state index in [0.717, 1.165) is 12.0 Å². The van der Waals surface area contributed by atoms with E-state index in [1.54, 1.807) is 37.3 Å². The van der Waals surface area contributed by atoms with Gasteiger partial charge in [-0.15, -0.1) is 11.3 Å². The SMILES string of the molecule is COS(=O)(=O)N[C@@H]1C[C@@H](Nc2ncncc2C(=O)c2cc([S@@+]([O-])c3cccc(Cl)c3)c(C)s2)C[C@@H]1O. The molecular formula is C22H23ClN4O6S3. The van der Waals surface area contributed by atoms with E-state index < -0.39 is 33.6 Å². The number of halogens is 1. The molecule has 2 aromatic heterocycles. The maximum Gasteiger partial charge on any atom is 0.335 e. The minimum atomic E-state index is -3.97. The summed E-state index contributed by atoms with van der Waals surface area (Å²) in [5, 5.41) is 13.9. The van der Waals surface area contributed by atoms with E-state index in [1.807, 2.05) is 0 Å². The van der Waals surface area contributed by atoms with E-state index in [2.05, 4.69) is 24.2 Å². The zero-order valence-corrected chi connectivity index (χ0v) is 22.4. The molecule has 10 nitrogen and oxygen atoms in total. The number of aliphatic hydroxyl groups is 1. The molecule has 1 saturated carbocycles. The molecule has 0 radical (unpaired) electrons. The van der Waals surface area contributed by atoms with Gasteiger partial charge in [0.25, 0.3) is 0 Å². The smallest absolute Gasteiger partial charge is 0.335 e. The van der Waals surface area contributed by atoms with Gasteiger partial charge in [-0.25, -0.2) is 9.97 Å². The quantitative estimate of drug-likeness (QED) is 0.260. The van der Waals surface area contributed by atoms with Crippen molar-refractivity contribution in [3.63, 3.8) is 0 Å². The maximum absolute atomic E-state index is 13.4. The highest BCUT2D eigenvalue weighted by molar-refractivity contribution is 7.91. The summed E-state index contributed by atoms with van der Waals surface area (Å²) < 4.78 is 43.2. The number of rotatable bonds is 9. The van der Waals surface area contributed by atoms with Gasteiger partial charge in [0.05, 0.1) is 34.6 Å². The molecule has 36 heavy (non-hydrogen) atoms. The van der Waals surface area contributed by atoms with E-state index >= 15 is 0 Å². The average Bonchev–Trinajstić information content (AvgIpc) is 3.40. The zero-order chi connectivity index (χ0) is 26.0. The Balaban J connectivity index is 1.53. The van der Waals surface area contributed by atoms with Gasteiger partial charge in [-0.2, -0.15) is 13.1 Å². The number of benzene rings is 1. The normalized spacial score (nSPS) is 20.9. The van der Waals surface area contributed by atoms with Crippen LogP contribution in [0.2, 0.25) is 5.02 Å². The van der Waals surface area contributed by atoms with Gasteiger partial charge in [0, 0.05) is 40.6 Å². The number of nitrogens with zero attached hydrogens (tertiary/aromatic N) is 2. The van der Waals surface area contributed by atoms with Crippen molar-refractivity contribution in [1.82, 2.24) is 14.7 Å².